The highest BCUT2D eigenvalue weighted by atomic mass is 16.6. The number of methoxy groups -OCH3 is 1. The first kappa shape index (κ1) is 17.7. The van der Waals surface area contributed by atoms with E-state index in [1.54, 1.807) is 7.11 Å². The molecular formula is C19H30N2O3. The average molecular weight is 334 g/mol. The van der Waals surface area contributed by atoms with Crippen LogP contribution in [-0.4, -0.2) is 75.6 Å². The van der Waals surface area contributed by atoms with Crippen molar-refractivity contribution < 1.29 is 14.2 Å². The van der Waals surface area contributed by atoms with Crippen LogP contribution in [0.3, 0.4) is 0 Å². The van der Waals surface area contributed by atoms with Gasteiger partial charge in [-0.2, -0.15) is 0 Å². The number of benzene rings is 1. The summed E-state index contributed by atoms with van der Waals surface area (Å²) in [4.78, 5) is 4.67. The van der Waals surface area contributed by atoms with Gasteiger partial charge in [-0.25, -0.2) is 0 Å². The molecule has 2 saturated heterocycles. The molecule has 0 N–H and O–H groups in total. The van der Waals surface area contributed by atoms with Crippen LogP contribution in [0.25, 0.3) is 0 Å². The third-order valence-electron chi connectivity index (χ3n) is 4.90. The maximum atomic E-state index is 6.46. The molecule has 5 nitrogen and oxygen atoms in total. The maximum Gasteiger partial charge on any atom is 0.118 e. The van der Waals surface area contributed by atoms with E-state index in [1.807, 2.05) is 12.1 Å². The van der Waals surface area contributed by atoms with Gasteiger partial charge in [0.15, 0.2) is 0 Å². The minimum absolute atomic E-state index is 0.135. The van der Waals surface area contributed by atoms with E-state index in [0.717, 1.165) is 58.0 Å². The Kier molecular flexibility index (Phi) is 5.76. The SMILES string of the molecule is COc1ccc(CN2CCOC[C@]3(CC[C@H](CN(C)C)O3)C2)cc1. The second-order valence-electron chi connectivity index (χ2n) is 7.34. The van der Waals surface area contributed by atoms with Gasteiger partial charge >= 0.3 is 0 Å². The van der Waals surface area contributed by atoms with Gasteiger partial charge in [0, 0.05) is 26.2 Å². The zero-order valence-electron chi connectivity index (χ0n) is 15.2. The van der Waals surface area contributed by atoms with E-state index >= 15 is 0 Å². The molecule has 2 aliphatic rings. The first-order valence-electron chi connectivity index (χ1n) is 8.84. The Morgan fingerprint density at radius 2 is 2.08 bits per heavy atom. The zero-order chi connectivity index (χ0) is 17.0. The molecule has 24 heavy (non-hydrogen) atoms. The van der Waals surface area contributed by atoms with Crippen LogP contribution in [0, 0.1) is 0 Å². The van der Waals surface area contributed by atoms with E-state index < -0.39 is 0 Å². The van der Waals surface area contributed by atoms with Crippen LogP contribution < -0.4 is 4.74 Å². The summed E-state index contributed by atoms with van der Waals surface area (Å²) in [5.41, 5.74) is 1.17. The van der Waals surface area contributed by atoms with Crippen LogP contribution >= 0.6 is 0 Å². The summed E-state index contributed by atoms with van der Waals surface area (Å²) in [7, 11) is 5.91. The van der Waals surface area contributed by atoms with Crippen molar-refractivity contribution in [2.75, 3.05) is 54.1 Å². The standard InChI is InChI=1S/C19H30N2O3/c1-20(2)13-18-8-9-19(24-18)14-21(10-11-23-15-19)12-16-4-6-17(22-3)7-5-16/h4-7,18H,8-15H2,1-3H3/t18-,19+/m1/s1. The van der Waals surface area contributed by atoms with E-state index in [4.69, 9.17) is 14.2 Å². The van der Waals surface area contributed by atoms with Crippen LogP contribution in [0.5, 0.6) is 5.75 Å². The predicted octanol–water partition coefficient (Wildman–Crippen LogP) is 2.01. The lowest BCUT2D eigenvalue weighted by Gasteiger charge is -2.32. The first-order valence-corrected chi connectivity index (χ1v) is 8.84. The van der Waals surface area contributed by atoms with Crippen molar-refractivity contribution >= 4 is 0 Å². The van der Waals surface area contributed by atoms with Gasteiger partial charge < -0.3 is 19.1 Å². The van der Waals surface area contributed by atoms with Gasteiger partial charge in [0.2, 0.25) is 0 Å². The maximum absolute atomic E-state index is 6.46. The third-order valence-corrected chi connectivity index (χ3v) is 4.90. The molecule has 3 rings (SSSR count). The molecule has 1 aromatic carbocycles. The van der Waals surface area contributed by atoms with Crippen molar-refractivity contribution in [2.45, 2.75) is 31.1 Å². The molecule has 0 radical (unpaired) electrons. The minimum atomic E-state index is -0.135. The van der Waals surface area contributed by atoms with Crippen molar-refractivity contribution in [3.63, 3.8) is 0 Å². The summed E-state index contributed by atoms with van der Waals surface area (Å²) in [5.74, 6) is 0.903. The molecule has 1 aromatic rings. The first-order chi connectivity index (χ1) is 11.6. The van der Waals surface area contributed by atoms with Gasteiger partial charge in [-0.3, -0.25) is 4.90 Å². The van der Waals surface area contributed by atoms with Gasteiger partial charge in [0.25, 0.3) is 0 Å². The molecule has 2 fully saturated rings. The molecule has 2 aliphatic heterocycles. The summed E-state index contributed by atoms with van der Waals surface area (Å²) in [6, 6.07) is 8.33. The molecule has 0 saturated carbocycles. The summed E-state index contributed by atoms with van der Waals surface area (Å²) >= 11 is 0. The molecule has 1 spiro atoms. The predicted molar refractivity (Wildman–Crippen MR) is 94.5 cm³/mol. The molecule has 5 heteroatoms. The van der Waals surface area contributed by atoms with Crippen molar-refractivity contribution in [2.24, 2.45) is 0 Å². The molecule has 0 amide bonds. The van der Waals surface area contributed by atoms with Gasteiger partial charge in [0.05, 0.1) is 26.4 Å². The Morgan fingerprint density at radius 3 is 2.79 bits per heavy atom. The Balaban J connectivity index is 1.62. The second kappa shape index (κ2) is 7.83. The van der Waals surface area contributed by atoms with Gasteiger partial charge in [-0.15, -0.1) is 0 Å². The van der Waals surface area contributed by atoms with Crippen molar-refractivity contribution in [1.82, 2.24) is 9.80 Å². The zero-order valence-corrected chi connectivity index (χ0v) is 15.2. The third kappa shape index (κ3) is 4.48. The molecule has 134 valence electrons. The Bertz CT molecular complexity index is 520. The van der Waals surface area contributed by atoms with E-state index in [1.165, 1.54) is 5.56 Å². The largest absolute Gasteiger partial charge is 0.497 e. The molecule has 2 atom stereocenters. The van der Waals surface area contributed by atoms with Crippen molar-refractivity contribution in [3.05, 3.63) is 29.8 Å². The van der Waals surface area contributed by atoms with Crippen LogP contribution in [0.15, 0.2) is 24.3 Å². The molecular weight excluding hydrogens is 304 g/mol. The molecule has 0 aromatic heterocycles. The normalized spacial score (nSPS) is 28.4. The van der Waals surface area contributed by atoms with Crippen LogP contribution in [0.2, 0.25) is 0 Å². The number of likely N-dealkylation sites (N-methyl/N-ethyl adjacent to an activating group) is 1. The van der Waals surface area contributed by atoms with Gasteiger partial charge in [0.1, 0.15) is 11.4 Å². The highest BCUT2D eigenvalue weighted by molar-refractivity contribution is 5.27. The summed E-state index contributed by atoms with van der Waals surface area (Å²) in [5, 5.41) is 0. The molecule has 0 aliphatic carbocycles. The Morgan fingerprint density at radius 1 is 1.29 bits per heavy atom. The van der Waals surface area contributed by atoms with E-state index in [2.05, 4.69) is 36.0 Å². The lowest BCUT2D eigenvalue weighted by molar-refractivity contribution is -0.0902. The number of rotatable bonds is 5. The van der Waals surface area contributed by atoms with Crippen LogP contribution in [-0.2, 0) is 16.0 Å². The molecule has 0 bridgehead atoms. The molecule has 2 heterocycles. The van der Waals surface area contributed by atoms with Crippen LogP contribution in [0.4, 0.5) is 0 Å². The number of nitrogens with zero attached hydrogens (tertiary/aromatic N) is 2. The lowest BCUT2D eigenvalue weighted by atomic mass is 9.99. The fourth-order valence-electron chi connectivity index (χ4n) is 3.76. The second-order valence-corrected chi connectivity index (χ2v) is 7.34. The van der Waals surface area contributed by atoms with Crippen molar-refractivity contribution in [1.29, 1.82) is 0 Å². The van der Waals surface area contributed by atoms with Gasteiger partial charge in [-0.1, -0.05) is 12.1 Å². The average Bonchev–Trinajstić information content (AvgIpc) is 2.82. The number of hydrogen-bond acceptors (Lipinski definition) is 5. The highest BCUT2D eigenvalue weighted by Gasteiger charge is 2.43. The monoisotopic (exact) mass is 334 g/mol. The van der Waals surface area contributed by atoms with Gasteiger partial charge in [-0.05, 0) is 44.6 Å². The fraction of sp³-hybridized carbons (Fsp3) is 0.684. The Labute approximate surface area is 145 Å². The minimum Gasteiger partial charge on any atom is -0.497 e. The van der Waals surface area contributed by atoms with E-state index in [-0.39, 0.29) is 5.60 Å². The highest BCUT2D eigenvalue weighted by Crippen LogP contribution is 2.33. The topological polar surface area (TPSA) is 34.2 Å². The van der Waals surface area contributed by atoms with E-state index in [0.29, 0.717) is 6.10 Å². The Hall–Kier alpha value is -1.14. The fourth-order valence-corrected chi connectivity index (χ4v) is 3.76. The van der Waals surface area contributed by atoms with Crippen molar-refractivity contribution in [3.8, 4) is 5.75 Å². The smallest absolute Gasteiger partial charge is 0.118 e. The van der Waals surface area contributed by atoms with E-state index in [9.17, 15) is 0 Å². The quantitative estimate of drug-likeness (QED) is 0.823. The van der Waals surface area contributed by atoms with Crippen LogP contribution in [0.1, 0.15) is 18.4 Å². The molecule has 0 unspecified atom stereocenters. The number of hydrogen-bond donors (Lipinski definition) is 0. The summed E-state index contributed by atoms with van der Waals surface area (Å²) < 4.78 is 17.6. The number of ether oxygens (including phenoxy) is 3. The summed E-state index contributed by atoms with van der Waals surface area (Å²) in [6.07, 6.45) is 2.53. The summed E-state index contributed by atoms with van der Waals surface area (Å²) in [6.45, 7) is 5.31. The lowest BCUT2D eigenvalue weighted by Crippen LogP contribution is -2.45.